The molecule has 1 atom stereocenters. The van der Waals surface area contributed by atoms with Gasteiger partial charge in [-0.3, -0.25) is 14.4 Å². The Labute approximate surface area is 178 Å². The molecule has 11 heteroatoms. The molecule has 4 rings (SSSR count). The number of cyclic esters (lactones) is 1. The third kappa shape index (κ3) is 3.43. The van der Waals surface area contributed by atoms with E-state index < -0.39 is 18.1 Å². The first kappa shape index (κ1) is 20.9. The Morgan fingerprint density at radius 2 is 1.94 bits per heavy atom. The minimum absolute atomic E-state index is 0.0159. The quantitative estimate of drug-likeness (QED) is 0.655. The summed E-state index contributed by atoms with van der Waals surface area (Å²) in [6.07, 6.45) is 2.04. The molecule has 166 valence electrons. The largest absolute Gasteiger partial charge is 0.495 e. The van der Waals surface area contributed by atoms with Crippen molar-refractivity contribution in [1.29, 1.82) is 0 Å². The van der Waals surface area contributed by atoms with Crippen molar-refractivity contribution >= 4 is 29.0 Å². The van der Waals surface area contributed by atoms with Crippen LogP contribution in [0.2, 0.25) is 0 Å². The second kappa shape index (κ2) is 8.05. The van der Waals surface area contributed by atoms with Gasteiger partial charge in [0.25, 0.3) is 5.91 Å². The molecule has 2 amide bonds. The van der Waals surface area contributed by atoms with Crippen molar-refractivity contribution in [3.05, 3.63) is 17.5 Å². The molecule has 0 aromatic carbocycles. The third-order valence-electron chi connectivity index (χ3n) is 5.94. The number of aromatic nitrogens is 3. The van der Waals surface area contributed by atoms with Gasteiger partial charge in [-0.2, -0.15) is 5.10 Å². The SMILES string of the molecule is COC(=O)C1COC(=O)N1C1CCN(C(=O)c2cnc3c(c(C)nn3C)c2OC)CC1. The van der Waals surface area contributed by atoms with E-state index in [2.05, 4.69) is 10.1 Å². The average molecular weight is 431 g/mol. The van der Waals surface area contributed by atoms with Gasteiger partial charge in [-0.1, -0.05) is 0 Å². The Morgan fingerprint density at radius 3 is 2.58 bits per heavy atom. The van der Waals surface area contributed by atoms with Crippen LogP contribution in [0.5, 0.6) is 5.75 Å². The number of amides is 2. The zero-order valence-corrected chi connectivity index (χ0v) is 18.0. The first-order chi connectivity index (χ1) is 14.9. The molecule has 2 fully saturated rings. The van der Waals surface area contributed by atoms with Crippen molar-refractivity contribution in [2.45, 2.75) is 31.8 Å². The number of likely N-dealkylation sites (tertiary alicyclic amines) is 1. The van der Waals surface area contributed by atoms with E-state index in [9.17, 15) is 14.4 Å². The second-order valence-electron chi connectivity index (χ2n) is 7.66. The molecule has 0 saturated carbocycles. The number of hydrogen-bond acceptors (Lipinski definition) is 8. The minimum atomic E-state index is -0.745. The van der Waals surface area contributed by atoms with Crippen LogP contribution in [0.15, 0.2) is 6.20 Å². The van der Waals surface area contributed by atoms with Gasteiger partial charge < -0.3 is 19.1 Å². The van der Waals surface area contributed by atoms with E-state index in [1.54, 1.807) is 16.6 Å². The highest BCUT2D eigenvalue weighted by Gasteiger charge is 2.44. The van der Waals surface area contributed by atoms with E-state index >= 15 is 0 Å². The molecule has 2 aromatic heterocycles. The van der Waals surface area contributed by atoms with Crippen LogP contribution in [0.1, 0.15) is 28.9 Å². The summed E-state index contributed by atoms with van der Waals surface area (Å²) < 4.78 is 17.1. The Kier molecular flexibility index (Phi) is 5.42. The van der Waals surface area contributed by atoms with Gasteiger partial charge in [0.2, 0.25) is 0 Å². The van der Waals surface area contributed by atoms with Crippen LogP contribution < -0.4 is 4.74 Å². The molecule has 4 heterocycles. The van der Waals surface area contributed by atoms with Crippen LogP contribution in [0.25, 0.3) is 11.0 Å². The Morgan fingerprint density at radius 1 is 1.23 bits per heavy atom. The number of carbonyl (C=O) groups is 3. The van der Waals surface area contributed by atoms with Crippen molar-refractivity contribution in [2.75, 3.05) is 33.9 Å². The van der Waals surface area contributed by atoms with Gasteiger partial charge in [0.05, 0.1) is 25.3 Å². The fourth-order valence-corrected chi connectivity index (χ4v) is 4.41. The molecule has 11 nitrogen and oxygen atoms in total. The maximum absolute atomic E-state index is 13.3. The summed E-state index contributed by atoms with van der Waals surface area (Å²) in [5.41, 5.74) is 1.75. The lowest BCUT2D eigenvalue weighted by Crippen LogP contribution is -2.52. The lowest BCUT2D eigenvalue weighted by Gasteiger charge is -2.37. The normalized spacial score (nSPS) is 19.6. The maximum atomic E-state index is 13.3. The molecule has 0 radical (unpaired) electrons. The summed E-state index contributed by atoms with van der Waals surface area (Å²) in [7, 11) is 4.60. The molecule has 2 aliphatic rings. The summed E-state index contributed by atoms with van der Waals surface area (Å²) in [5.74, 6) is -0.238. The van der Waals surface area contributed by atoms with Gasteiger partial charge in [0.1, 0.15) is 17.9 Å². The van der Waals surface area contributed by atoms with E-state index in [1.165, 1.54) is 25.3 Å². The Balaban J connectivity index is 1.52. The van der Waals surface area contributed by atoms with Gasteiger partial charge in [-0.15, -0.1) is 0 Å². The van der Waals surface area contributed by atoms with Crippen molar-refractivity contribution < 1.29 is 28.6 Å². The summed E-state index contributed by atoms with van der Waals surface area (Å²) in [6, 6.07) is -0.948. The fraction of sp³-hybridized carbons (Fsp3) is 0.550. The van der Waals surface area contributed by atoms with Crippen LogP contribution in [-0.2, 0) is 21.3 Å². The average Bonchev–Trinajstić information content (AvgIpc) is 3.31. The molecular formula is C20H25N5O6. The molecule has 2 saturated heterocycles. The number of methoxy groups -OCH3 is 2. The highest BCUT2D eigenvalue weighted by atomic mass is 16.6. The number of ether oxygens (including phenoxy) is 3. The molecule has 31 heavy (non-hydrogen) atoms. The molecule has 1 unspecified atom stereocenters. The first-order valence-corrected chi connectivity index (χ1v) is 10.1. The topological polar surface area (TPSA) is 116 Å². The molecule has 2 aliphatic heterocycles. The van der Waals surface area contributed by atoms with Crippen molar-refractivity contribution in [3.8, 4) is 5.75 Å². The highest BCUT2D eigenvalue weighted by Crippen LogP contribution is 2.32. The van der Waals surface area contributed by atoms with Crippen LogP contribution in [0, 0.1) is 6.92 Å². The van der Waals surface area contributed by atoms with Gasteiger partial charge in [-0.05, 0) is 19.8 Å². The predicted octanol–water partition coefficient (Wildman–Crippen LogP) is 0.884. The van der Waals surface area contributed by atoms with Gasteiger partial charge >= 0.3 is 12.1 Å². The van der Waals surface area contributed by atoms with E-state index in [0.717, 1.165) is 5.69 Å². The first-order valence-electron chi connectivity index (χ1n) is 10.1. The predicted molar refractivity (Wildman–Crippen MR) is 108 cm³/mol. The number of hydrogen-bond donors (Lipinski definition) is 0. The second-order valence-corrected chi connectivity index (χ2v) is 7.66. The number of aryl methyl sites for hydroxylation is 2. The third-order valence-corrected chi connectivity index (χ3v) is 5.94. The lowest BCUT2D eigenvalue weighted by molar-refractivity contribution is -0.145. The smallest absolute Gasteiger partial charge is 0.410 e. The summed E-state index contributed by atoms with van der Waals surface area (Å²) in [4.78, 5) is 45.0. The number of esters is 1. The van der Waals surface area contributed by atoms with E-state index in [-0.39, 0.29) is 18.6 Å². The van der Waals surface area contributed by atoms with E-state index in [4.69, 9.17) is 14.2 Å². The van der Waals surface area contributed by atoms with Crippen LogP contribution in [0.4, 0.5) is 4.79 Å². The molecule has 0 bridgehead atoms. The zero-order valence-electron chi connectivity index (χ0n) is 18.0. The minimum Gasteiger partial charge on any atom is -0.495 e. The maximum Gasteiger partial charge on any atom is 0.410 e. The van der Waals surface area contributed by atoms with Gasteiger partial charge in [0, 0.05) is 32.4 Å². The van der Waals surface area contributed by atoms with Crippen LogP contribution in [0.3, 0.4) is 0 Å². The van der Waals surface area contributed by atoms with E-state index in [0.29, 0.717) is 48.3 Å². The fourth-order valence-electron chi connectivity index (χ4n) is 4.41. The Hall–Kier alpha value is -3.37. The van der Waals surface area contributed by atoms with Crippen LogP contribution in [-0.4, -0.2) is 88.5 Å². The lowest BCUT2D eigenvalue weighted by atomic mass is 10.0. The van der Waals surface area contributed by atoms with Gasteiger partial charge in [-0.25, -0.2) is 14.6 Å². The van der Waals surface area contributed by atoms with Crippen molar-refractivity contribution in [1.82, 2.24) is 24.6 Å². The van der Waals surface area contributed by atoms with E-state index in [1.807, 2.05) is 6.92 Å². The molecule has 0 aliphatic carbocycles. The number of fused-ring (bicyclic) bond motifs is 1. The number of piperidine rings is 1. The molecule has 0 N–H and O–H groups in total. The number of pyridine rings is 1. The highest BCUT2D eigenvalue weighted by molar-refractivity contribution is 6.02. The standard InChI is InChI=1S/C20H25N5O6/c1-11-15-16(29-3)13(9-21-17(15)23(2)22-11)18(26)24-7-5-12(6-8-24)25-14(19(27)30-4)10-31-20(25)28/h9,12,14H,5-8,10H2,1-4H3. The number of carbonyl (C=O) groups excluding carboxylic acids is 3. The number of rotatable bonds is 4. The van der Waals surface area contributed by atoms with Crippen molar-refractivity contribution in [3.63, 3.8) is 0 Å². The molecule has 0 spiro atoms. The summed E-state index contributed by atoms with van der Waals surface area (Å²) in [5, 5.41) is 5.08. The van der Waals surface area contributed by atoms with Crippen molar-refractivity contribution in [2.24, 2.45) is 7.05 Å². The Bertz CT molecular complexity index is 1040. The van der Waals surface area contributed by atoms with Gasteiger partial charge in [0.15, 0.2) is 11.7 Å². The number of nitrogens with zero attached hydrogens (tertiary/aromatic N) is 5. The van der Waals surface area contributed by atoms with Crippen LogP contribution >= 0.6 is 0 Å². The summed E-state index contributed by atoms with van der Waals surface area (Å²) >= 11 is 0. The molecule has 2 aromatic rings. The molecular weight excluding hydrogens is 406 g/mol. The summed E-state index contributed by atoms with van der Waals surface area (Å²) in [6.45, 7) is 2.68. The zero-order chi connectivity index (χ0) is 22.3. The monoisotopic (exact) mass is 431 g/mol.